The highest BCUT2D eigenvalue weighted by molar-refractivity contribution is 5.80. The van der Waals surface area contributed by atoms with Gasteiger partial charge in [-0.3, -0.25) is 9.36 Å². The summed E-state index contributed by atoms with van der Waals surface area (Å²) in [6.45, 7) is 7.40. The Labute approximate surface area is 207 Å². The maximum Gasteiger partial charge on any atom is 0.261 e. The van der Waals surface area contributed by atoms with Crippen LogP contribution in [0.2, 0.25) is 0 Å². The maximum atomic E-state index is 14.0. The van der Waals surface area contributed by atoms with Crippen molar-refractivity contribution in [3.8, 4) is 28.6 Å². The van der Waals surface area contributed by atoms with Gasteiger partial charge in [0.05, 0.1) is 38.3 Å². The van der Waals surface area contributed by atoms with Crippen LogP contribution in [-0.2, 0) is 0 Å². The van der Waals surface area contributed by atoms with Crippen molar-refractivity contribution in [1.29, 1.82) is 0 Å². The van der Waals surface area contributed by atoms with Crippen LogP contribution in [0.4, 0.5) is 0 Å². The first kappa shape index (κ1) is 25.0. The Hall–Kier alpha value is -3.06. The zero-order valence-electron chi connectivity index (χ0n) is 21.5. The Bertz CT molecular complexity index is 1190. The van der Waals surface area contributed by atoms with Crippen LogP contribution in [0.5, 0.6) is 17.2 Å². The molecule has 7 nitrogen and oxygen atoms in total. The van der Waals surface area contributed by atoms with E-state index in [0.29, 0.717) is 39.9 Å². The third kappa shape index (κ3) is 5.30. The number of hydrogen-bond donors (Lipinski definition) is 0. The second-order valence-electron chi connectivity index (χ2n) is 9.69. The zero-order chi connectivity index (χ0) is 24.9. The molecule has 0 unspecified atom stereocenters. The summed E-state index contributed by atoms with van der Waals surface area (Å²) in [5, 5.41) is 0.635. The minimum atomic E-state index is -0.0120. The minimum Gasteiger partial charge on any atom is -0.493 e. The monoisotopic (exact) mass is 479 g/mol. The molecular weight excluding hydrogens is 442 g/mol. The molecular formula is C28H37N3O4. The molecule has 0 spiro atoms. The smallest absolute Gasteiger partial charge is 0.261 e. The highest BCUT2D eigenvalue weighted by atomic mass is 16.5. The first-order valence-corrected chi connectivity index (χ1v) is 12.5. The molecule has 0 bridgehead atoms. The summed E-state index contributed by atoms with van der Waals surface area (Å²) in [5.74, 6) is 2.63. The second kappa shape index (κ2) is 11.1. The Morgan fingerprint density at radius 2 is 1.60 bits per heavy atom. The summed E-state index contributed by atoms with van der Waals surface area (Å²) in [6.07, 6.45) is 4.57. The topological polar surface area (TPSA) is 65.8 Å². The van der Waals surface area contributed by atoms with Crippen LogP contribution in [0.25, 0.3) is 22.3 Å². The average Bonchev–Trinajstić information content (AvgIpc) is 2.87. The van der Waals surface area contributed by atoms with E-state index >= 15 is 0 Å². The number of rotatable bonds is 9. The molecule has 0 N–H and O–H groups in total. The number of ether oxygens (including phenoxy) is 3. The van der Waals surface area contributed by atoms with Gasteiger partial charge in [-0.25, -0.2) is 4.98 Å². The van der Waals surface area contributed by atoms with E-state index in [-0.39, 0.29) is 11.6 Å². The molecule has 0 saturated carbocycles. The fourth-order valence-corrected chi connectivity index (χ4v) is 5.14. The lowest BCUT2D eigenvalue weighted by Crippen LogP contribution is -2.39. The highest BCUT2D eigenvalue weighted by Gasteiger charge is 2.26. The number of hydrogen-bond acceptors (Lipinski definition) is 6. The largest absolute Gasteiger partial charge is 0.493 e. The molecule has 1 aliphatic rings. The van der Waals surface area contributed by atoms with E-state index in [9.17, 15) is 4.79 Å². The fourth-order valence-electron chi connectivity index (χ4n) is 5.14. The third-order valence-electron chi connectivity index (χ3n) is 6.76. The predicted octanol–water partition coefficient (Wildman–Crippen LogP) is 5.16. The van der Waals surface area contributed by atoms with Crippen LogP contribution in [0, 0.1) is 5.92 Å². The molecule has 188 valence electrons. The predicted molar refractivity (Wildman–Crippen MR) is 140 cm³/mol. The number of likely N-dealkylation sites (tertiary alicyclic amines) is 1. The molecule has 1 fully saturated rings. The van der Waals surface area contributed by atoms with Gasteiger partial charge < -0.3 is 19.1 Å². The molecule has 0 radical (unpaired) electrons. The maximum absolute atomic E-state index is 14.0. The first-order chi connectivity index (χ1) is 17.0. The van der Waals surface area contributed by atoms with Crippen molar-refractivity contribution in [1.82, 2.24) is 14.5 Å². The van der Waals surface area contributed by atoms with E-state index in [1.165, 1.54) is 19.3 Å². The third-order valence-corrected chi connectivity index (χ3v) is 6.76. The van der Waals surface area contributed by atoms with Gasteiger partial charge in [-0.05, 0) is 62.5 Å². The van der Waals surface area contributed by atoms with Crippen LogP contribution in [0.1, 0.15) is 45.6 Å². The van der Waals surface area contributed by atoms with Crippen LogP contribution in [0.3, 0.4) is 0 Å². The van der Waals surface area contributed by atoms with Gasteiger partial charge in [0.1, 0.15) is 5.82 Å². The number of para-hydroxylation sites is 1. The van der Waals surface area contributed by atoms with Crippen LogP contribution >= 0.6 is 0 Å². The van der Waals surface area contributed by atoms with Crippen molar-refractivity contribution in [3.05, 3.63) is 46.8 Å². The van der Waals surface area contributed by atoms with Gasteiger partial charge in [0.2, 0.25) is 5.75 Å². The molecule has 7 heteroatoms. The Morgan fingerprint density at radius 1 is 0.943 bits per heavy atom. The summed E-state index contributed by atoms with van der Waals surface area (Å²) >= 11 is 0. The van der Waals surface area contributed by atoms with Crippen molar-refractivity contribution < 1.29 is 14.2 Å². The molecule has 1 aromatic heterocycles. The molecule has 2 heterocycles. The van der Waals surface area contributed by atoms with Gasteiger partial charge in [-0.2, -0.15) is 0 Å². The van der Waals surface area contributed by atoms with E-state index in [0.717, 1.165) is 31.6 Å². The number of fused-ring (bicyclic) bond motifs is 1. The standard InChI is InChI=1S/C28H37N3O4/c1-19(2)15-21(18-30-13-9-6-10-14-30)31-27(29-23-12-8-7-11-22(23)28(31)32)20-16-24(33-3)26(35-5)25(17-20)34-4/h7-8,11-12,16-17,19,21H,6,9-10,13-15,18H2,1-5H3/t21-/m0/s1. The molecule has 0 aliphatic carbocycles. The number of nitrogens with zero attached hydrogens (tertiary/aromatic N) is 3. The molecule has 1 atom stereocenters. The van der Waals surface area contributed by atoms with Crippen molar-refractivity contribution in [3.63, 3.8) is 0 Å². The molecule has 1 saturated heterocycles. The SMILES string of the molecule is COc1cc(-c2nc3ccccc3c(=O)n2[C@@H](CC(C)C)CN2CCCCC2)cc(OC)c1OC. The Kier molecular flexibility index (Phi) is 7.96. The summed E-state index contributed by atoms with van der Waals surface area (Å²) in [6, 6.07) is 11.3. The molecule has 2 aromatic carbocycles. The van der Waals surface area contributed by atoms with Crippen molar-refractivity contribution in [2.75, 3.05) is 41.0 Å². The van der Waals surface area contributed by atoms with Crippen LogP contribution < -0.4 is 19.8 Å². The lowest BCUT2D eigenvalue weighted by molar-refractivity contribution is 0.184. The number of piperidine rings is 1. The van der Waals surface area contributed by atoms with E-state index < -0.39 is 0 Å². The molecule has 1 aliphatic heterocycles. The molecule has 0 amide bonds. The number of benzene rings is 2. The molecule has 35 heavy (non-hydrogen) atoms. The van der Waals surface area contributed by atoms with Crippen LogP contribution in [0.15, 0.2) is 41.2 Å². The number of methoxy groups -OCH3 is 3. The average molecular weight is 480 g/mol. The Balaban J connectivity index is 1.95. The normalized spacial score (nSPS) is 15.4. The van der Waals surface area contributed by atoms with E-state index in [1.807, 2.05) is 41.0 Å². The number of aromatic nitrogens is 2. The minimum absolute atomic E-state index is 0.00759. The lowest BCUT2D eigenvalue weighted by atomic mass is 10.0. The zero-order valence-corrected chi connectivity index (χ0v) is 21.5. The van der Waals surface area contributed by atoms with Gasteiger partial charge in [0.25, 0.3) is 5.56 Å². The quantitative estimate of drug-likeness (QED) is 0.422. The summed E-state index contributed by atoms with van der Waals surface area (Å²) < 4.78 is 18.7. The van der Waals surface area contributed by atoms with E-state index in [4.69, 9.17) is 19.2 Å². The highest BCUT2D eigenvalue weighted by Crippen LogP contribution is 2.41. The van der Waals surface area contributed by atoms with E-state index in [1.54, 1.807) is 21.3 Å². The summed E-state index contributed by atoms with van der Waals surface area (Å²) in [7, 11) is 4.78. The van der Waals surface area contributed by atoms with Crippen LogP contribution in [-0.4, -0.2) is 55.4 Å². The summed E-state index contributed by atoms with van der Waals surface area (Å²) in [4.78, 5) is 21.6. The fraction of sp³-hybridized carbons (Fsp3) is 0.500. The van der Waals surface area contributed by atoms with Crippen molar-refractivity contribution >= 4 is 10.9 Å². The second-order valence-corrected chi connectivity index (χ2v) is 9.69. The van der Waals surface area contributed by atoms with Crippen molar-refractivity contribution in [2.45, 2.75) is 45.6 Å². The van der Waals surface area contributed by atoms with Gasteiger partial charge in [-0.15, -0.1) is 0 Å². The first-order valence-electron chi connectivity index (χ1n) is 12.5. The van der Waals surface area contributed by atoms with Gasteiger partial charge >= 0.3 is 0 Å². The van der Waals surface area contributed by atoms with Gasteiger partial charge in [-0.1, -0.05) is 32.4 Å². The molecule has 3 aromatic rings. The lowest BCUT2D eigenvalue weighted by Gasteiger charge is -2.33. The summed E-state index contributed by atoms with van der Waals surface area (Å²) in [5.41, 5.74) is 1.43. The van der Waals surface area contributed by atoms with Crippen molar-refractivity contribution in [2.24, 2.45) is 5.92 Å². The van der Waals surface area contributed by atoms with E-state index in [2.05, 4.69) is 18.7 Å². The van der Waals surface area contributed by atoms with Gasteiger partial charge in [0, 0.05) is 12.1 Å². The molecule has 4 rings (SSSR count). The van der Waals surface area contributed by atoms with Gasteiger partial charge in [0.15, 0.2) is 11.5 Å². The Morgan fingerprint density at radius 3 is 2.20 bits per heavy atom.